The number of aromatic nitrogens is 1. The minimum atomic E-state index is -4.53. The minimum absolute atomic E-state index is 0.119. The fraction of sp³-hybridized carbons (Fsp3) is 0.368. The van der Waals surface area contributed by atoms with Crippen LogP contribution in [0.5, 0.6) is 0 Å². The average molecular weight is 380 g/mol. The first kappa shape index (κ1) is 19.3. The molecular weight excluding hydrogens is 361 g/mol. The Morgan fingerprint density at radius 3 is 2.67 bits per heavy atom. The Morgan fingerprint density at radius 2 is 2.00 bits per heavy atom. The second kappa shape index (κ2) is 8.49. The van der Waals surface area contributed by atoms with E-state index in [1.165, 1.54) is 0 Å². The van der Waals surface area contributed by atoms with Gasteiger partial charge in [-0.25, -0.2) is 0 Å². The summed E-state index contributed by atoms with van der Waals surface area (Å²) in [6, 6.07) is 11.6. The maximum atomic E-state index is 12.6. The number of hydrogen-bond acceptors (Lipinski definition) is 4. The van der Waals surface area contributed by atoms with Crippen LogP contribution in [0.25, 0.3) is 0 Å². The van der Waals surface area contributed by atoms with Crippen molar-refractivity contribution in [3.8, 4) is 0 Å². The number of morpholine rings is 1. The molecule has 1 fully saturated rings. The molecule has 0 radical (unpaired) electrons. The minimum Gasteiger partial charge on any atom is -0.374 e. The highest BCUT2D eigenvalue weighted by Gasteiger charge is 2.33. The summed E-state index contributed by atoms with van der Waals surface area (Å²) in [6.45, 7) is 1.80. The van der Waals surface area contributed by atoms with Crippen LogP contribution < -0.4 is 0 Å². The molecule has 2 aromatic rings. The van der Waals surface area contributed by atoms with Crippen molar-refractivity contribution in [2.75, 3.05) is 26.3 Å². The maximum Gasteiger partial charge on any atom is 0.433 e. The highest BCUT2D eigenvalue weighted by Crippen LogP contribution is 2.27. The van der Waals surface area contributed by atoms with Crippen LogP contribution in [-0.4, -0.2) is 48.2 Å². The summed E-state index contributed by atoms with van der Waals surface area (Å²) in [7, 11) is 0. The molecule has 1 aromatic carbocycles. The Balaban J connectivity index is 1.53. The van der Waals surface area contributed by atoms with Crippen molar-refractivity contribution in [2.45, 2.75) is 18.9 Å². The van der Waals surface area contributed by atoms with E-state index in [9.17, 15) is 18.0 Å². The van der Waals surface area contributed by atoms with Gasteiger partial charge in [0.2, 0.25) is 0 Å². The third-order valence-electron chi connectivity index (χ3n) is 4.14. The zero-order valence-corrected chi connectivity index (χ0v) is 14.5. The second-order valence-electron chi connectivity index (χ2n) is 6.17. The molecule has 0 spiro atoms. The van der Waals surface area contributed by atoms with Crippen molar-refractivity contribution in [2.24, 2.45) is 0 Å². The van der Waals surface area contributed by atoms with Gasteiger partial charge >= 0.3 is 6.18 Å². The van der Waals surface area contributed by atoms with E-state index in [2.05, 4.69) is 4.98 Å². The third-order valence-corrected chi connectivity index (χ3v) is 4.14. The Hall–Kier alpha value is -2.45. The van der Waals surface area contributed by atoms with Gasteiger partial charge in [-0.1, -0.05) is 30.3 Å². The molecule has 144 valence electrons. The van der Waals surface area contributed by atoms with Crippen LogP contribution >= 0.6 is 0 Å². The van der Waals surface area contributed by atoms with Crippen LogP contribution in [-0.2, 0) is 22.3 Å². The molecule has 27 heavy (non-hydrogen) atoms. The number of carbonyl (C=O) groups excluding carboxylic acids is 1. The summed E-state index contributed by atoms with van der Waals surface area (Å²) >= 11 is 0. The van der Waals surface area contributed by atoms with Crippen molar-refractivity contribution in [3.63, 3.8) is 0 Å². The number of pyridine rings is 1. The molecule has 1 aliphatic heterocycles. The first-order valence-electron chi connectivity index (χ1n) is 8.49. The number of benzene rings is 1. The fourth-order valence-electron chi connectivity index (χ4n) is 2.76. The van der Waals surface area contributed by atoms with Gasteiger partial charge in [0.15, 0.2) is 0 Å². The predicted octanol–water partition coefficient (Wildman–Crippen LogP) is 3.16. The third kappa shape index (κ3) is 5.27. The van der Waals surface area contributed by atoms with E-state index in [1.807, 2.05) is 30.3 Å². The molecule has 1 aliphatic rings. The van der Waals surface area contributed by atoms with Crippen LogP contribution in [0, 0.1) is 0 Å². The highest BCUT2D eigenvalue weighted by molar-refractivity contribution is 5.94. The summed E-state index contributed by atoms with van der Waals surface area (Å²) < 4.78 is 49.0. The van der Waals surface area contributed by atoms with Crippen molar-refractivity contribution in [3.05, 3.63) is 65.5 Å². The van der Waals surface area contributed by atoms with Crippen LogP contribution in [0.1, 0.15) is 21.6 Å². The average Bonchev–Trinajstić information content (AvgIpc) is 2.68. The summed E-state index contributed by atoms with van der Waals surface area (Å²) in [4.78, 5) is 17.4. The summed E-state index contributed by atoms with van der Waals surface area (Å²) in [6.07, 6.45) is -3.85. The van der Waals surface area contributed by atoms with E-state index in [0.717, 1.165) is 23.9 Å². The van der Waals surface area contributed by atoms with Gasteiger partial charge in [0.25, 0.3) is 5.91 Å². The number of alkyl halides is 3. The first-order chi connectivity index (χ1) is 12.9. The van der Waals surface area contributed by atoms with Crippen LogP contribution in [0.3, 0.4) is 0 Å². The maximum absolute atomic E-state index is 12.6. The molecule has 2 heterocycles. The summed E-state index contributed by atoms with van der Waals surface area (Å²) in [5, 5.41) is 0. The smallest absolute Gasteiger partial charge is 0.374 e. The largest absolute Gasteiger partial charge is 0.433 e. The topological polar surface area (TPSA) is 51.7 Å². The molecule has 1 saturated heterocycles. The Kier molecular flexibility index (Phi) is 6.08. The van der Waals surface area contributed by atoms with Crippen LogP contribution in [0.15, 0.2) is 48.7 Å². The number of hydrogen-bond donors (Lipinski definition) is 0. The van der Waals surface area contributed by atoms with Crippen molar-refractivity contribution in [1.82, 2.24) is 9.88 Å². The van der Waals surface area contributed by atoms with Crippen molar-refractivity contribution >= 4 is 5.91 Å². The van der Waals surface area contributed by atoms with Gasteiger partial charge in [-0.15, -0.1) is 0 Å². The quantitative estimate of drug-likeness (QED) is 0.800. The van der Waals surface area contributed by atoms with E-state index in [-0.39, 0.29) is 17.6 Å². The molecular formula is C19H19F3N2O3. The number of nitrogens with zero attached hydrogens (tertiary/aromatic N) is 2. The lowest BCUT2D eigenvalue weighted by Gasteiger charge is -2.32. The van der Waals surface area contributed by atoms with Crippen LogP contribution in [0.4, 0.5) is 13.2 Å². The molecule has 0 saturated carbocycles. The van der Waals surface area contributed by atoms with E-state index < -0.39 is 11.9 Å². The lowest BCUT2D eigenvalue weighted by Crippen LogP contribution is -2.47. The molecule has 1 amide bonds. The SMILES string of the molecule is O=C(c1ccc(C(F)(F)F)nc1)N1CCOC(COCc2ccccc2)C1. The monoisotopic (exact) mass is 380 g/mol. The Labute approximate surface area is 154 Å². The molecule has 0 aliphatic carbocycles. The lowest BCUT2D eigenvalue weighted by atomic mass is 10.2. The zero-order chi connectivity index (χ0) is 19.3. The predicted molar refractivity (Wildman–Crippen MR) is 91.0 cm³/mol. The van der Waals surface area contributed by atoms with E-state index in [1.54, 1.807) is 4.90 Å². The number of amides is 1. The number of carbonyl (C=O) groups is 1. The number of rotatable bonds is 5. The van der Waals surface area contributed by atoms with E-state index in [0.29, 0.717) is 32.9 Å². The molecule has 3 rings (SSSR count). The Bertz CT molecular complexity index is 751. The molecule has 1 unspecified atom stereocenters. The second-order valence-corrected chi connectivity index (χ2v) is 6.17. The molecule has 8 heteroatoms. The summed E-state index contributed by atoms with van der Waals surface area (Å²) in [5.41, 5.74) is 0.138. The highest BCUT2D eigenvalue weighted by atomic mass is 19.4. The molecule has 5 nitrogen and oxygen atoms in total. The van der Waals surface area contributed by atoms with Gasteiger partial charge in [-0.2, -0.15) is 13.2 Å². The van der Waals surface area contributed by atoms with Gasteiger partial charge in [-0.3, -0.25) is 9.78 Å². The van der Waals surface area contributed by atoms with Gasteiger partial charge in [0, 0.05) is 19.3 Å². The molecule has 1 atom stereocenters. The normalized spacial score (nSPS) is 17.7. The van der Waals surface area contributed by atoms with Crippen LogP contribution in [0.2, 0.25) is 0 Å². The molecule has 0 bridgehead atoms. The van der Waals surface area contributed by atoms with Crippen molar-refractivity contribution in [1.29, 1.82) is 0 Å². The first-order valence-corrected chi connectivity index (χ1v) is 8.49. The van der Waals surface area contributed by atoms with Gasteiger partial charge in [0.05, 0.1) is 31.5 Å². The molecule has 0 N–H and O–H groups in total. The van der Waals surface area contributed by atoms with Crippen molar-refractivity contribution < 1.29 is 27.4 Å². The van der Waals surface area contributed by atoms with Gasteiger partial charge in [-0.05, 0) is 17.7 Å². The van der Waals surface area contributed by atoms with Gasteiger partial charge < -0.3 is 14.4 Å². The van der Waals surface area contributed by atoms with E-state index >= 15 is 0 Å². The molecule has 1 aromatic heterocycles. The Morgan fingerprint density at radius 1 is 1.22 bits per heavy atom. The standard InChI is InChI=1S/C19H19F3N2O3/c20-19(21,22)17-7-6-15(10-23-17)18(25)24-8-9-27-16(11-24)13-26-12-14-4-2-1-3-5-14/h1-7,10,16H,8-9,11-13H2. The van der Waals surface area contributed by atoms with Gasteiger partial charge in [0.1, 0.15) is 5.69 Å². The van der Waals surface area contributed by atoms with E-state index in [4.69, 9.17) is 9.47 Å². The fourth-order valence-corrected chi connectivity index (χ4v) is 2.76. The number of halogens is 3. The zero-order valence-electron chi connectivity index (χ0n) is 14.5. The number of ether oxygens (including phenoxy) is 2. The summed E-state index contributed by atoms with van der Waals surface area (Å²) in [5.74, 6) is -0.368. The lowest BCUT2D eigenvalue weighted by molar-refractivity contribution is -0.141.